The molecule has 1 aliphatic rings. The van der Waals surface area contributed by atoms with Crippen LogP contribution in [-0.2, 0) is 15.7 Å². The standard InChI is InChI=1S/C23H24N6O2S2/c1-17-4-7-20(8-5-17)33(30,31)16-29-23(25-26-27-29)22(28-11-13-32-14-12-28)19-6-9-21-18(15-19)3-2-10-24-21/h2-10,15,22H,11-14,16H2,1H3. The van der Waals surface area contributed by atoms with Crippen LogP contribution >= 0.6 is 11.8 Å². The van der Waals surface area contributed by atoms with E-state index in [4.69, 9.17) is 0 Å². The number of fused-ring (bicyclic) bond motifs is 1. The van der Waals surface area contributed by atoms with Crippen LogP contribution in [0, 0.1) is 6.92 Å². The molecule has 0 bridgehead atoms. The molecule has 1 atom stereocenters. The molecule has 4 aromatic rings. The minimum Gasteiger partial charge on any atom is -0.288 e. The maximum Gasteiger partial charge on any atom is 0.198 e. The molecular weight excluding hydrogens is 456 g/mol. The van der Waals surface area contributed by atoms with Crippen LogP contribution in [0.2, 0.25) is 0 Å². The van der Waals surface area contributed by atoms with Crippen molar-refractivity contribution in [3.05, 3.63) is 77.7 Å². The van der Waals surface area contributed by atoms with Gasteiger partial charge in [-0.05, 0) is 53.2 Å². The van der Waals surface area contributed by atoms with Crippen LogP contribution in [0.5, 0.6) is 0 Å². The molecule has 0 N–H and O–H groups in total. The van der Waals surface area contributed by atoms with Crippen molar-refractivity contribution in [3.63, 3.8) is 0 Å². The Balaban J connectivity index is 1.55. The molecule has 0 saturated carbocycles. The fourth-order valence-electron chi connectivity index (χ4n) is 4.10. The van der Waals surface area contributed by atoms with E-state index in [1.54, 1.807) is 30.5 Å². The van der Waals surface area contributed by atoms with Gasteiger partial charge in [-0.1, -0.05) is 29.8 Å². The Bertz CT molecular complexity index is 1370. The molecule has 1 saturated heterocycles. The monoisotopic (exact) mass is 480 g/mol. The van der Waals surface area contributed by atoms with E-state index in [0.29, 0.717) is 5.82 Å². The van der Waals surface area contributed by atoms with Gasteiger partial charge in [0.15, 0.2) is 21.5 Å². The molecule has 3 heterocycles. The van der Waals surface area contributed by atoms with Crippen molar-refractivity contribution in [3.8, 4) is 0 Å². The number of aryl methyl sites for hydroxylation is 1. The number of sulfone groups is 1. The number of nitrogens with zero attached hydrogens (tertiary/aromatic N) is 6. The van der Waals surface area contributed by atoms with E-state index in [1.807, 2.05) is 43.0 Å². The van der Waals surface area contributed by atoms with E-state index in [-0.39, 0.29) is 16.8 Å². The van der Waals surface area contributed by atoms with E-state index >= 15 is 0 Å². The molecule has 10 heteroatoms. The zero-order valence-corrected chi connectivity index (χ0v) is 19.8. The minimum absolute atomic E-state index is 0.251. The average Bonchev–Trinajstić information content (AvgIpc) is 3.27. The molecule has 5 rings (SSSR count). The highest BCUT2D eigenvalue weighted by atomic mass is 32.2. The highest BCUT2D eigenvalue weighted by molar-refractivity contribution is 7.99. The maximum atomic E-state index is 13.1. The molecule has 170 valence electrons. The molecule has 2 aromatic heterocycles. The third kappa shape index (κ3) is 4.64. The summed E-state index contributed by atoms with van der Waals surface area (Å²) in [7, 11) is -3.62. The topological polar surface area (TPSA) is 93.9 Å². The lowest BCUT2D eigenvalue weighted by Crippen LogP contribution is -2.38. The molecule has 1 aliphatic heterocycles. The minimum atomic E-state index is -3.62. The second-order valence-electron chi connectivity index (χ2n) is 8.10. The number of benzene rings is 2. The van der Waals surface area contributed by atoms with Gasteiger partial charge in [0.1, 0.15) is 0 Å². The summed E-state index contributed by atoms with van der Waals surface area (Å²) in [5.74, 6) is 2.23. The van der Waals surface area contributed by atoms with Gasteiger partial charge in [0.25, 0.3) is 0 Å². The molecule has 2 aromatic carbocycles. The van der Waals surface area contributed by atoms with E-state index in [2.05, 4.69) is 31.5 Å². The molecule has 8 nitrogen and oxygen atoms in total. The van der Waals surface area contributed by atoms with Crippen LogP contribution in [0.1, 0.15) is 23.0 Å². The number of aromatic nitrogens is 5. The largest absolute Gasteiger partial charge is 0.288 e. The van der Waals surface area contributed by atoms with E-state index in [0.717, 1.165) is 46.6 Å². The fourth-order valence-corrected chi connectivity index (χ4v) is 6.24. The highest BCUT2D eigenvalue weighted by Gasteiger charge is 2.31. The van der Waals surface area contributed by atoms with Gasteiger partial charge in [-0.3, -0.25) is 9.88 Å². The summed E-state index contributed by atoms with van der Waals surface area (Å²) < 4.78 is 27.7. The van der Waals surface area contributed by atoms with Gasteiger partial charge in [0.2, 0.25) is 0 Å². The highest BCUT2D eigenvalue weighted by Crippen LogP contribution is 2.31. The summed E-state index contributed by atoms with van der Waals surface area (Å²) in [6, 6.07) is 16.7. The average molecular weight is 481 g/mol. The van der Waals surface area contributed by atoms with Crippen molar-refractivity contribution in [2.24, 2.45) is 0 Å². The Hall–Kier alpha value is -2.82. The predicted octanol–water partition coefficient (Wildman–Crippen LogP) is 3.10. The lowest BCUT2D eigenvalue weighted by Gasteiger charge is -2.33. The van der Waals surface area contributed by atoms with Crippen molar-refractivity contribution in [1.82, 2.24) is 30.1 Å². The van der Waals surface area contributed by atoms with Crippen LogP contribution in [0.15, 0.2) is 65.7 Å². The number of pyridine rings is 1. The van der Waals surface area contributed by atoms with Gasteiger partial charge < -0.3 is 0 Å². The first-order valence-corrected chi connectivity index (χ1v) is 13.5. The molecule has 33 heavy (non-hydrogen) atoms. The Morgan fingerprint density at radius 1 is 1.06 bits per heavy atom. The Labute approximate surface area is 196 Å². The third-order valence-corrected chi connectivity index (χ3v) is 8.35. The number of tetrazole rings is 1. The molecule has 0 spiro atoms. The van der Waals surface area contributed by atoms with Crippen LogP contribution < -0.4 is 0 Å². The Morgan fingerprint density at radius 3 is 2.64 bits per heavy atom. The van der Waals surface area contributed by atoms with Crippen molar-refractivity contribution < 1.29 is 8.42 Å². The zero-order chi connectivity index (χ0) is 22.8. The fraction of sp³-hybridized carbons (Fsp3) is 0.304. The maximum absolute atomic E-state index is 13.1. The normalized spacial score (nSPS) is 16.2. The number of thioether (sulfide) groups is 1. The van der Waals surface area contributed by atoms with Crippen molar-refractivity contribution in [2.45, 2.75) is 23.7 Å². The lowest BCUT2D eigenvalue weighted by molar-refractivity contribution is 0.236. The first kappa shape index (κ1) is 22.0. The number of hydrogen-bond acceptors (Lipinski definition) is 8. The smallest absolute Gasteiger partial charge is 0.198 e. The SMILES string of the molecule is Cc1ccc(S(=O)(=O)Cn2nnnc2C(c2ccc3ncccc3c2)N2CCSCC2)cc1. The van der Waals surface area contributed by atoms with Crippen LogP contribution in [-0.4, -0.2) is 63.1 Å². The van der Waals surface area contributed by atoms with E-state index in [9.17, 15) is 8.42 Å². The summed E-state index contributed by atoms with van der Waals surface area (Å²) in [6.07, 6.45) is 1.78. The molecule has 1 fully saturated rings. The summed E-state index contributed by atoms with van der Waals surface area (Å²) in [4.78, 5) is 7.01. The van der Waals surface area contributed by atoms with Gasteiger partial charge in [0.05, 0.1) is 16.5 Å². The summed E-state index contributed by atoms with van der Waals surface area (Å²) >= 11 is 1.92. The lowest BCUT2D eigenvalue weighted by atomic mass is 10.0. The van der Waals surface area contributed by atoms with Crippen LogP contribution in [0.3, 0.4) is 0 Å². The number of rotatable bonds is 6. The predicted molar refractivity (Wildman–Crippen MR) is 129 cm³/mol. The second kappa shape index (κ2) is 9.20. The Morgan fingerprint density at radius 2 is 1.85 bits per heavy atom. The quantitative estimate of drug-likeness (QED) is 0.416. The first-order valence-electron chi connectivity index (χ1n) is 10.7. The molecule has 0 amide bonds. The van der Waals surface area contributed by atoms with E-state index < -0.39 is 9.84 Å². The van der Waals surface area contributed by atoms with Gasteiger partial charge in [-0.15, -0.1) is 5.10 Å². The second-order valence-corrected chi connectivity index (χ2v) is 11.3. The van der Waals surface area contributed by atoms with Crippen molar-refractivity contribution in [1.29, 1.82) is 0 Å². The summed E-state index contributed by atoms with van der Waals surface area (Å²) in [6.45, 7) is 3.67. The third-order valence-electron chi connectivity index (χ3n) is 5.83. The Kier molecular flexibility index (Phi) is 6.13. The summed E-state index contributed by atoms with van der Waals surface area (Å²) in [5, 5.41) is 13.3. The van der Waals surface area contributed by atoms with E-state index in [1.165, 1.54) is 4.68 Å². The van der Waals surface area contributed by atoms with Crippen molar-refractivity contribution >= 4 is 32.5 Å². The first-order chi connectivity index (χ1) is 16.0. The molecule has 1 unspecified atom stereocenters. The zero-order valence-electron chi connectivity index (χ0n) is 18.2. The van der Waals surface area contributed by atoms with Gasteiger partial charge >= 0.3 is 0 Å². The van der Waals surface area contributed by atoms with Crippen LogP contribution in [0.4, 0.5) is 0 Å². The van der Waals surface area contributed by atoms with Gasteiger partial charge in [-0.2, -0.15) is 11.8 Å². The molecule has 0 radical (unpaired) electrons. The van der Waals surface area contributed by atoms with Crippen LogP contribution in [0.25, 0.3) is 10.9 Å². The van der Waals surface area contributed by atoms with Gasteiger partial charge in [-0.25, -0.2) is 13.1 Å². The molecular formula is C23H24N6O2S2. The summed E-state index contributed by atoms with van der Waals surface area (Å²) in [5.41, 5.74) is 2.94. The van der Waals surface area contributed by atoms with Crippen molar-refractivity contribution in [2.75, 3.05) is 24.6 Å². The molecule has 0 aliphatic carbocycles. The number of hydrogen-bond donors (Lipinski definition) is 0. The van der Waals surface area contributed by atoms with Gasteiger partial charge in [0, 0.05) is 36.2 Å².